The fraction of sp³-hybridized carbons (Fsp3) is 0.857. The van der Waals surface area contributed by atoms with Gasteiger partial charge in [0.05, 0.1) is 0 Å². The molecule has 1 heterocycles. The molecule has 2 amide bonds. The zero-order valence-electron chi connectivity index (χ0n) is 13.0. The zero-order valence-corrected chi connectivity index (χ0v) is 13.8. The van der Waals surface area contributed by atoms with Crippen molar-refractivity contribution >= 4 is 24.2 Å². The van der Waals surface area contributed by atoms with E-state index in [9.17, 15) is 9.59 Å². The monoisotopic (exact) mass is 320 g/mol. The molecule has 124 valence electrons. The van der Waals surface area contributed by atoms with Crippen LogP contribution < -0.4 is 16.0 Å². The Morgan fingerprint density at radius 1 is 1.05 bits per heavy atom. The van der Waals surface area contributed by atoms with Gasteiger partial charge in [-0.25, -0.2) is 0 Å². The molecular weight excluding hydrogens is 292 g/mol. The minimum absolute atomic E-state index is 0. The van der Waals surface area contributed by atoms with Gasteiger partial charge in [-0.2, -0.15) is 0 Å². The third-order valence-corrected chi connectivity index (χ3v) is 3.36. The van der Waals surface area contributed by atoms with Gasteiger partial charge in [-0.1, -0.05) is 0 Å². The van der Waals surface area contributed by atoms with Gasteiger partial charge < -0.3 is 20.9 Å². The maximum absolute atomic E-state index is 11.6. The number of carbonyl (C=O) groups is 2. The van der Waals surface area contributed by atoms with Crippen LogP contribution in [0.15, 0.2) is 0 Å². The first-order chi connectivity index (χ1) is 9.72. The third-order valence-electron chi connectivity index (χ3n) is 3.36. The number of halogens is 1. The largest absolute Gasteiger partial charge is 0.356 e. The van der Waals surface area contributed by atoms with Crippen LogP contribution in [0.3, 0.4) is 0 Å². The molecule has 1 rings (SSSR count). The smallest absolute Gasteiger partial charge is 0.220 e. The number of nitrogens with one attached hydrogen (secondary N) is 3. The molecule has 7 heteroatoms. The SMILES string of the molecule is CCNC(=O)CCCC(=O)NCCCN1CCNCC1.Cl. The van der Waals surface area contributed by atoms with Crippen molar-refractivity contribution in [2.45, 2.75) is 32.6 Å². The second-order valence-electron chi connectivity index (χ2n) is 5.10. The highest BCUT2D eigenvalue weighted by Gasteiger charge is 2.09. The fourth-order valence-electron chi connectivity index (χ4n) is 2.25. The average molecular weight is 321 g/mol. The lowest BCUT2D eigenvalue weighted by molar-refractivity contribution is -0.122. The van der Waals surface area contributed by atoms with Gasteiger partial charge >= 0.3 is 0 Å². The van der Waals surface area contributed by atoms with Crippen LogP contribution in [0, 0.1) is 0 Å². The molecular formula is C14H29ClN4O2. The summed E-state index contributed by atoms with van der Waals surface area (Å²) in [5.41, 5.74) is 0. The summed E-state index contributed by atoms with van der Waals surface area (Å²) in [5.74, 6) is 0.0774. The molecule has 21 heavy (non-hydrogen) atoms. The summed E-state index contributed by atoms with van der Waals surface area (Å²) >= 11 is 0. The summed E-state index contributed by atoms with van der Waals surface area (Å²) in [7, 11) is 0. The van der Waals surface area contributed by atoms with Crippen LogP contribution in [-0.4, -0.2) is 62.5 Å². The predicted octanol–water partition coefficient (Wildman–Crippen LogP) is 0.126. The number of hydrogen-bond donors (Lipinski definition) is 3. The summed E-state index contributed by atoms with van der Waals surface area (Å²) in [6.45, 7) is 8.63. The second kappa shape index (κ2) is 12.9. The van der Waals surface area contributed by atoms with Crippen LogP contribution >= 0.6 is 12.4 Å². The van der Waals surface area contributed by atoms with E-state index >= 15 is 0 Å². The quantitative estimate of drug-likeness (QED) is 0.528. The molecule has 3 N–H and O–H groups in total. The molecule has 1 saturated heterocycles. The molecule has 0 aromatic rings. The van der Waals surface area contributed by atoms with Crippen LogP contribution in [0.5, 0.6) is 0 Å². The van der Waals surface area contributed by atoms with Gasteiger partial charge in [0.2, 0.25) is 11.8 Å². The van der Waals surface area contributed by atoms with Gasteiger partial charge in [0, 0.05) is 52.1 Å². The van der Waals surface area contributed by atoms with Crippen molar-refractivity contribution in [3.63, 3.8) is 0 Å². The van der Waals surface area contributed by atoms with Crippen molar-refractivity contribution in [3.05, 3.63) is 0 Å². The number of hydrogen-bond acceptors (Lipinski definition) is 4. The van der Waals surface area contributed by atoms with E-state index in [1.165, 1.54) is 0 Å². The highest BCUT2D eigenvalue weighted by Crippen LogP contribution is 1.96. The second-order valence-corrected chi connectivity index (χ2v) is 5.10. The van der Waals surface area contributed by atoms with E-state index in [2.05, 4.69) is 20.9 Å². The van der Waals surface area contributed by atoms with Crippen molar-refractivity contribution in [2.75, 3.05) is 45.8 Å². The molecule has 1 fully saturated rings. The van der Waals surface area contributed by atoms with Gasteiger partial charge in [0.15, 0.2) is 0 Å². The summed E-state index contributed by atoms with van der Waals surface area (Å²) in [6, 6.07) is 0. The Balaban J connectivity index is 0.00000400. The van der Waals surface area contributed by atoms with E-state index < -0.39 is 0 Å². The maximum Gasteiger partial charge on any atom is 0.220 e. The highest BCUT2D eigenvalue weighted by molar-refractivity contribution is 5.85. The fourth-order valence-corrected chi connectivity index (χ4v) is 2.25. The molecule has 0 atom stereocenters. The lowest BCUT2D eigenvalue weighted by atomic mass is 10.2. The number of amides is 2. The number of piperazine rings is 1. The van der Waals surface area contributed by atoms with Gasteiger partial charge in [-0.3, -0.25) is 9.59 Å². The molecule has 0 aromatic heterocycles. The average Bonchev–Trinajstić information content (AvgIpc) is 2.45. The van der Waals surface area contributed by atoms with Gasteiger partial charge in [-0.15, -0.1) is 12.4 Å². The minimum atomic E-state index is 0. The number of nitrogens with zero attached hydrogens (tertiary/aromatic N) is 1. The Hall–Kier alpha value is -0.850. The lowest BCUT2D eigenvalue weighted by Crippen LogP contribution is -2.44. The summed E-state index contributed by atoms with van der Waals surface area (Å²) in [5, 5.41) is 8.96. The van der Waals surface area contributed by atoms with E-state index in [1.54, 1.807) is 0 Å². The van der Waals surface area contributed by atoms with Crippen LogP contribution in [0.25, 0.3) is 0 Å². The predicted molar refractivity (Wildman–Crippen MR) is 86.7 cm³/mol. The van der Waals surface area contributed by atoms with Crippen LogP contribution in [0.2, 0.25) is 0 Å². The Morgan fingerprint density at radius 3 is 2.29 bits per heavy atom. The molecule has 0 aliphatic carbocycles. The van der Waals surface area contributed by atoms with Crippen LogP contribution in [0.4, 0.5) is 0 Å². The first-order valence-corrected chi connectivity index (χ1v) is 7.69. The number of carbonyl (C=O) groups excluding carboxylic acids is 2. The van der Waals surface area contributed by atoms with Crippen molar-refractivity contribution in [1.29, 1.82) is 0 Å². The zero-order chi connectivity index (χ0) is 14.6. The normalized spacial score (nSPS) is 15.1. The molecule has 0 unspecified atom stereocenters. The van der Waals surface area contributed by atoms with E-state index in [0.29, 0.717) is 25.8 Å². The van der Waals surface area contributed by atoms with Gasteiger partial charge in [0.1, 0.15) is 0 Å². The Kier molecular flexibility index (Phi) is 12.3. The van der Waals surface area contributed by atoms with Gasteiger partial charge in [0.25, 0.3) is 0 Å². The summed E-state index contributed by atoms with van der Waals surface area (Å²) in [4.78, 5) is 25.2. The van der Waals surface area contributed by atoms with Crippen molar-refractivity contribution in [1.82, 2.24) is 20.9 Å². The number of rotatable bonds is 9. The van der Waals surface area contributed by atoms with Gasteiger partial charge in [-0.05, 0) is 26.3 Å². The lowest BCUT2D eigenvalue weighted by Gasteiger charge is -2.27. The topological polar surface area (TPSA) is 73.5 Å². The van der Waals surface area contributed by atoms with E-state index in [0.717, 1.165) is 45.7 Å². The third kappa shape index (κ3) is 10.5. The molecule has 1 aliphatic heterocycles. The Bertz CT molecular complexity index is 297. The van der Waals surface area contributed by atoms with E-state index in [1.807, 2.05) is 6.92 Å². The van der Waals surface area contributed by atoms with Crippen LogP contribution in [-0.2, 0) is 9.59 Å². The highest BCUT2D eigenvalue weighted by atomic mass is 35.5. The molecule has 6 nitrogen and oxygen atoms in total. The first kappa shape index (κ1) is 20.1. The van der Waals surface area contributed by atoms with E-state index in [4.69, 9.17) is 0 Å². The minimum Gasteiger partial charge on any atom is -0.356 e. The molecule has 0 saturated carbocycles. The summed E-state index contributed by atoms with van der Waals surface area (Å²) < 4.78 is 0. The molecule has 1 aliphatic rings. The van der Waals surface area contributed by atoms with Crippen LogP contribution in [0.1, 0.15) is 32.6 Å². The molecule has 0 spiro atoms. The van der Waals surface area contributed by atoms with Crippen molar-refractivity contribution in [2.24, 2.45) is 0 Å². The molecule has 0 aromatic carbocycles. The molecule has 0 radical (unpaired) electrons. The molecule has 0 bridgehead atoms. The standard InChI is InChI=1S/C14H28N4O2.ClH/c1-2-16-13(19)5-3-6-14(20)17-7-4-10-18-11-8-15-9-12-18;/h15H,2-12H2,1H3,(H,16,19)(H,17,20);1H. The van der Waals surface area contributed by atoms with Crippen molar-refractivity contribution < 1.29 is 9.59 Å². The summed E-state index contributed by atoms with van der Waals surface area (Å²) in [6.07, 6.45) is 2.48. The maximum atomic E-state index is 11.6. The Morgan fingerprint density at radius 2 is 1.67 bits per heavy atom. The Labute approximate surface area is 133 Å². The van der Waals surface area contributed by atoms with Crippen molar-refractivity contribution in [3.8, 4) is 0 Å². The van der Waals surface area contributed by atoms with E-state index in [-0.39, 0.29) is 24.2 Å². The first-order valence-electron chi connectivity index (χ1n) is 7.69.